The molecule has 0 spiro atoms. The molecule has 2 heterocycles. The third-order valence-corrected chi connectivity index (χ3v) is 6.39. The molecule has 146 valence electrons. The molecule has 1 N–H and O–H groups in total. The first kappa shape index (κ1) is 19.6. The van der Waals surface area contributed by atoms with Gasteiger partial charge in [-0.2, -0.15) is 0 Å². The maximum absolute atomic E-state index is 12.6. The Morgan fingerprint density at radius 2 is 1.74 bits per heavy atom. The lowest BCUT2D eigenvalue weighted by atomic mass is 10.1. The number of rotatable bonds is 7. The number of hydrogen-bond donors (Lipinski definition) is 1. The maximum Gasteiger partial charge on any atom is 0.240 e. The highest BCUT2D eigenvalue weighted by Crippen LogP contribution is 2.21. The van der Waals surface area contributed by atoms with Crippen molar-refractivity contribution in [3.63, 3.8) is 0 Å². The lowest BCUT2D eigenvalue weighted by molar-refractivity contribution is 0.310. The van der Waals surface area contributed by atoms with Crippen LogP contribution >= 0.6 is 0 Å². The summed E-state index contributed by atoms with van der Waals surface area (Å²) in [4.78, 5) is 10.9. The monoisotopic (exact) mass is 390 g/mol. The Balaban J connectivity index is 1.57. The smallest absolute Gasteiger partial charge is 0.240 e. The number of aryl methyl sites for hydroxylation is 3. The van der Waals surface area contributed by atoms with Gasteiger partial charge in [0.15, 0.2) is 0 Å². The largest absolute Gasteiger partial charge is 0.476 e. The molecule has 7 nitrogen and oxygen atoms in total. The average molecular weight is 391 g/mol. The van der Waals surface area contributed by atoms with Crippen LogP contribution in [0.1, 0.15) is 29.5 Å². The molecule has 8 heteroatoms. The van der Waals surface area contributed by atoms with E-state index in [1.54, 1.807) is 19.1 Å². The molecule has 1 aromatic heterocycles. The summed E-state index contributed by atoms with van der Waals surface area (Å²) in [6, 6.07) is 5.40. The fraction of sp³-hybridized carbons (Fsp3) is 0.474. The first-order valence-corrected chi connectivity index (χ1v) is 10.6. The molecule has 1 aliphatic heterocycles. The first-order valence-electron chi connectivity index (χ1n) is 9.14. The highest BCUT2D eigenvalue weighted by molar-refractivity contribution is 7.89. The summed E-state index contributed by atoms with van der Waals surface area (Å²) in [5.74, 6) is 1.30. The second-order valence-electron chi connectivity index (χ2n) is 6.86. The summed E-state index contributed by atoms with van der Waals surface area (Å²) in [6.07, 6.45) is 3.81. The summed E-state index contributed by atoms with van der Waals surface area (Å²) in [6.45, 7) is 8.02. The predicted molar refractivity (Wildman–Crippen MR) is 105 cm³/mol. The van der Waals surface area contributed by atoms with Crippen molar-refractivity contribution in [3.05, 3.63) is 41.2 Å². The van der Waals surface area contributed by atoms with Crippen molar-refractivity contribution >= 4 is 15.8 Å². The quantitative estimate of drug-likeness (QED) is 0.731. The van der Waals surface area contributed by atoms with E-state index in [0.29, 0.717) is 10.8 Å². The lowest BCUT2D eigenvalue weighted by Gasteiger charge is -2.16. The van der Waals surface area contributed by atoms with Crippen molar-refractivity contribution in [1.82, 2.24) is 14.7 Å². The highest BCUT2D eigenvalue weighted by Gasteiger charge is 2.18. The molecule has 0 unspecified atom stereocenters. The van der Waals surface area contributed by atoms with Crippen LogP contribution in [0.3, 0.4) is 0 Å². The molecule has 1 aliphatic rings. The van der Waals surface area contributed by atoms with E-state index >= 15 is 0 Å². The molecule has 1 aromatic carbocycles. The molecule has 0 bridgehead atoms. The Bertz CT molecular complexity index is 909. The van der Waals surface area contributed by atoms with Gasteiger partial charge in [0, 0.05) is 25.7 Å². The van der Waals surface area contributed by atoms with Crippen molar-refractivity contribution in [2.24, 2.45) is 0 Å². The van der Waals surface area contributed by atoms with Crippen LogP contribution in [-0.2, 0) is 10.0 Å². The molecule has 27 heavy (non-hydrogen) atoms. The van der Waals surface area contributed by atoms with Gasteiger partial charge >= 0.3 is 0 Å². The van der Waals surface area contributed by atoms with Crippen molar-refractivity contribution < 1.29 is 13.2 Å². The summed E-state index contributed by atoms with van der Waals surface area (Å²) in [5.41, 5.74) is 2.76. The van der Waals surface area contributed by atoms with Crippen LogP contribution in [0.2, 0.25) is 0 Å². The minimum absolute atomic E-state index is 0.164. The number of nitrogens with one attached hydrogen (secondary N) is 1. The van der Waals surface area contributed by atoms with Gasteiger partial charge < -0.3 is 9.64 Å². The van der Waals surface area contributed by atoms with E-state index in [1.807, 2.05) is 19.9 Å². The Labute approximate surface area is 160 Å². The Hall–Kier alpha value is -2.19. The molecule has 0 atom stereocenters. The number of nitrogens with zero attached hydrogens (tertiary/aromatic N) is 3. The topological polar surface area (TPSA) is 84.4 Å². The number of hydrogen-bond acceptors (Lipinski definition) is 6. The van der Waals surface area contributed by atoms with Gasteiger partial charge in [0.1, 0.15) is 18.8 Å². The standard InChI is InChI=1S/C19H26N4O3S/c1-14-10-16(3)17(11-15(14)2)27(24,25)22-6-9-26-19-12-18(20-13-21-19)23-7-4-5-8-23/h10-13,22H,4-9H2,1-3H3. The average Bonchev–Trinajstić information content (AvgIpc) is 3.17. The number of aromatic nitrogens is 2. The van der Waals surface area contributed by atoms with Crippen molar-refractivity contribution in [3.8, 4) is 5.88 Å². The summed E-state index contributed by atoms with van der Waals surface area (Å²) in [5, 5.41) is 0. The number of anilines is 1. The van der Waals surface area contributed by atoms with E-state index in [9.17, 15) is 8.42 Å². The van der Waals surface area contributed by atoms with E-state index in [4.69, 9.17) is 4.74 Å². The van der Waals surface area contributed by atoms with Crippen LogP contribution in [0.25, 0.3) is 0 Å². The molecule has 0 radical (unpaired) electrons. The fourth-order valence-corrected chi connectivity index (χ4v) is 4.48. The van der Waals surface area contributed by atoms with Crippen LogP contribution in [0, 0.1) is 20.8 Å². The van der Waals surface area contributed by atoms with Gasteiger partial charge in [0.2, 0.25) is 15.9 Å². The molecule has 1 saturated heterocycles. The first-order chi connectivity index (χ1) is 12.9. The van der Waals surface area contributed by atoms with Crippen LogP contribution in [-0.4, -0.2) is 44.6 Å². The Kier molecular flexibility index (Phi) is 5.96. The van der Waals surface area contributed by atoms with E-state index in [-0.39, 0.29) is 13.2 Å². The highest BCUT2D eigenvalue weighted by atomic mass is 32.2. The summed E-state index contributed by atoms with van der Waals surface area (Å²) < 4.78 is 33.3. The van der Waals surface area contributed by atoms with E-state index in [1.165, 1.54) is 19.2 Å². The third-order valence-electron chi connectivity index (χ3n) is 4.78. The molecule has 0 aliphatic carbocycles. The van der Waals surface area contributed by atoms with Crippen LogP contribution < -0.4 is 14.4 Å². The predicted octanol–water partition coefficient (Wildman–Crippen LogP) is 2.36. The molecule has 0 saturated carbocycles. The number of benzene rings is 1. The van der Waals surface area contributed by atoms with Crippen LogP contribution in [0.5, 0.6) is 5.88 Å². The van der Waals surface area contributed by atoms with Gasteiger partial charge in [0.25, 0.3) is 0 Å². The fourth-order valence-electron chi connectivity index (χ4n) is 3.16. The molecule has 0 amide bonds. The minimum Gasteiger partial charge on any atom is -0.476 e. The lowest BCUT2D eigenvalue weighted by Crippen LogP contribution is -2.29. The van der Waals surface area contributed by atoms with Crippen molar-refractivity contribution in [1.29, 1.82) is 0 Å². The van der Waals surface area contributed by atoms with Gasteiger partial charge in [-0.05, 0) is 56.4 Å². The van der Waals surface area contributed by atoms with Crippen LogP contribution in [0.15, 0.2) is 29.4 Å². The number of sulfonamides is 1. The molecular weight excluding hydrogens is 364 g/mol. The second-order valence-corrected chi connectivity index (χ2v) is 8.59. The Morgan fingerprint density at radius 3 is 2.48 bits per heavy atom. The van der Waals surface area contributed by atoms with Gasteiger partial charge in [0.05, 0.1) is 4.90 Å². The zero-order chi connectivity index (χ0) is 19.4. The summed E-state index contributed by atoms with van der Waals surface area (Å²) in [7, 11) is -3.58. The Morgan fingerprint density at radius 1 is 1.04 bits per heavy atom. The molecule has 1 fully saturated rings. The van der Waals surface area contributed by atoms with Gasteiger partial charge in [-0.3, -0.25) is 0 Å². The van der Waals surface area contributed by atoms with Gasteiger partial charge in [-0.15, -0.1) is 0 Å². The molecule has 2 aromatic rings. The van der Waals surface area contributed by atoms with Gasteiger partial charge in [-0.1, -0.05) is 6.07 Å². The number of ether oxygens (including phenoxy) is 1. The zero-order valence-electron chi connectivity index (χ0n) is 16.0. The van der Waals surface area contributed by atoms with Crippen molar-refractivity contribution in [2.75, 3.05) is 31.1 Å². The normalized spacial score (nSPS) is 14.6. The third kappa shape index (κ3) is 4.75. The van der Waals surface area contributed by atoms with E-state index in [2.05, 4.69) is 19.6 Å². The van der Waals surface area contributed by atoms with E-state index in [0.717, 1.165) is 35.6 Å². The van der Waals surface area contributed by atoms with Crippen molar-refractivity contribution in [2.45, 2.75) is 38.5 Å². The molecular formula is C19H26N4O3S. The van der Waals surface area contributed by atoms with Gasteiger partial charge in [-0.25, -0.2) is 23.1 Å². The summed E-state index contributed by atoms with van der Waals surface area (Å²) >= 11 is 0. The molecule has 3 rings (SSSR count). The maximum atomic E-state index is 12.6. The minimum atomic E-state index is -3.58. The SMILES string of the molecule is Cc1cc(C)c(S(=O)(=O)NCCOc2cc(N3CCCC3)ncn2)cc1C. The zero-order valence-corrected chi connectivity index (χ0v) is 16.8. The van der Waals surface area contributed by atoms with Crippen LogP contribution in [0.4, 0.5) is 5.82 Å². The van der Waals surface area contributed by atoms with E-state index < -0.39 is 10.0 Å². The second kappa shape index (κ2) is 8.22.